The largest absolute Gasteiger partial charge is 0.325 e. The van der Waals surface area contributed by atoms with E-state index in [0.29, 0.717) is 12.8 Å². The van der Waals surface area contributed by atoms with Crippen molar-refractivity contribution in [2.24, 2.45) is 10.1 Å². The zero-order chi connectivity index (χ0) is 24.5. The molecule has 0 spiro atoms. The molecular weight excluding hydrogens is 464 g/mol. The molecule has 4 rings (SSSR count). The molecule has 0 unspecified atom stereocenters. The molecule has 0 atom stereocenters. The SMILES string of the molecule is CCCC(=O)N1N=C(c2ccc3c(c2)CCCN3C(=NC(C)C)c2cccs2)C(C)(C)SC1=O. The summed E-state index contributed by atoms with van der Waals surface area (Å²) in [5, 5.41) is 7.43. The van der Waals surface area contributed by atoms with Crippen LogP contribution in [0.25, 0.3) is 0 Å². The average molecular weight is 497 g/mol. The maximum Gasteiger partial charge on any atom is 0.309 e. The number of hydrogen-bond donors (Lipinski definition) is 0. The van der Waals surface area contributed by atoms with Gasteiger partial charge in [-0.3, -0.25) is 14.6 Å². The van der Waals surface area contributed by atoms with E-state index in [1.165, 1.54) is 16.1 Å². The number of imide groups is 1. The van der Waals surface area contributed by atoms with Gasteiger partial charge in [-0.15, -0.1) is 11.3 Å². The van der Waals surface area contributed by atoms with Crippen molar-refractivity contribution in [1.82, 2.24) is 5.01 Å². The Bertz CT molecular complexity index is 1140. The van der Waals surface area contributed by atoms with Crippen LogP contribution in [0.3, 0.4) is 0 Å². The lowest BCUT2D eigenvalue weighted by Crippen LogP contribution is -2.43. The zero-order valence-corrected chi connectivity index (χ0v) is 22.1. The summed E-state index contributed by atoms with van der Waals surface area (Å²) in [5.74, 6) is 0.772. The number of thiophene rings is 1. The number of nitrogens with zero attached hydrogens (tertiary/aromatic N) is 4. The first kappa shape index (κ1) is 24.7. The molecule has 1 aromatic carbocycles. The summed E-state index contributed by atoms with van der Waals surface area (Å²) >= 11 is 2.87. The van der Waals surface area contributed by atoms with E-state index in [1.54, 1.807) is 11.3 Å². The number of anilines is 1. The van der Waals surface area contributed by atoms with Gasteiger partial charge in [0.2, 0.25) is 0 Å². The molecule has 0 N–H and O–H groups in total. The van der Waals surface area contributed by atoms with Crippen molar-refractivity contribution in [2.45, 2.75) is 71.1 Å². The Kier molecular flexibility index (Phi) is 7.28. The van der Waals surface area contributed by atoms with Crippen LogP contribution in [-0.4, -0.2) is 45.0 Å². The third-order valence-electron chi connectivity index (χ3n) is 5.84. The fourth-order valence-corrected chi connectivity index (χ4v) is 5.99. The molecule has 1 aromatic heterocycles. The van der Waals surface area contributed by atoms with Gasteiger partial charge in [0.1, 0.15) is 5.84 Å². The van der Waals surface area contributed by atoms with E-state index in [0.717, 1.165) is 53.3 Å². The summed E-state index contributed by atoms with van der Waals surface area (Å²) in [4.78, 5) is 33.6. The minimum atomic E-state index is -0.524. The predicted octanol–water partition coefficient (Wildman–Crippen LogP) is 6.33. The summed E-state index contributed by atoms with van der Waals surface area (Å²) in [5.41, 5.74) is 4.12. The average Bonchev–Trinajstić information content (AvgIpc) is 3.31. The molecule has 34 heavy (non-hydrogen) atoms. The molecule has 0 radical (unpaired) electrons. The first-order valence-corrected chi connectivity index (χ1v) is 13.6. The smallest absolute Gasteiger partial charge is 0.309 e. The highest BCUT2D eigenvalue weighted by Crippen LogP contribution is 2.38. The van der Waals surface area contributed by atoms with Crippen molar-refractivity contribution >= 4 is 51.5 Å². The molecule has 0 fully saturated rings. The van der Waals surface area contributed by atoms with Crippen LogP contribution in [0.2, 0.25) is 0 Å². The molecule has 180 valence electrons. The third kappa shape index (κ3) is 4.98. The normalized spacial score (nSPS) is 18.2. The molecule has 8 heteroatoms. The zero-order valence-electron chi connectivity index (χ0n) is 20.5. The van der Waals surface area contributed by atoms with Crippen LogP contribution in [0.1, 0.15) is 69.9 Å². The number of hydrogen-bond acceptors (Lipinski definition) is 6. The summed E-state index contributed by atoms with van der Waals surface area (Å²) in [6.07, 6.45) is 2.99. The second kappa shape index (κ2) is 10.0. The van der Waals surface area contributed by atoms with Gasteiger partial charge in [-0.25, -0.2) is 0 Å². The first-order valence-electron chi connectivity index (χ1n) is 11.9. The lowest BCUT2D eigenvalue weighted by Gasteiger charge is -2.35. The minimum absolute atomic E-state index is 0.195. The number of carbonyl (C=O) groups excluding carboxylic acids is 2. The number of aliphatic imine (C=N–C) groups is 1. The van der Waals surface area contributed by atoms with E-state index in [4.69, 9.17) is 4.99 Å². The van der Waals surface area contributed by atoms with Gasteiger partial charge >= 0.3 is 5.24 Å². The van der Waals surface area contributed by atoms with Crippen LogP contribution >= 0.6 is 23.1 Å². The first-order chi connectivity index (χ1) is 16.2. The molecule has 2 aromatic rings. The molecule has 0 saturated heterocycles. The van der Waals surface area contributed by atoms with Crippen LogP contribution in [-0.2, 0) is 11.2 Å². The van der Waals surface area contributed by atoms with Crippen molar-refractivity contribution in [1.29, 1.82) is 0 Å². The predicted molar refractivity (Wildman–Crippen MR) is 143 cm³/mol. The van der Waals surface area contributed by atoms with E-state index in [-0.39, 0.29) is 17.2 Å². The standard InChI is InChI=1S/C26H32N4O2S2/c1-6-9-22(31)30-25(32)34-26(4,5)23(28-30)19-12-13-20-18(16-19)10-7-14-29(20)24(27-17(2)3)21-11-8-15-33-21/h8,11-13,15-17H,6-7,9-10,14H2,1-5H3. The number of benzene rings is 1. The molecule has 2 aliphatic heterocycles. The lowest BCUT2D eigenvalue weighted by molar-refractivity contribution is -0.127. The molecular formula is C26H32N4O2S2. The summed E-state index contributed by atoms with van der Waals surface area (Å²) in [6.45, 7) is 11.0. The summed E-state index contributed by atoms with van der Waals surface area (Å²) < 4.78 is -0.524. The van der Waals surface area contributed by atoms with Gasteiger partial charge in [-0.2, -0.15) is 10.1 Å². The van der Waals surface area contributed by atoms with Crippen LogP contribution in [0.15, 0.2) is 45.8 Å². The van der Waals surface area contributed by atoms with E-state index >= 15 is 0 Å². The molecule has 0 bridgehead atoms. The number of thioether (sulfide) groups is 1. The van der Waals surface area contributed by atoms with Crippen molar-refractivity contribution < 1.29 is 9.59 Å². The van der Waals surface area contributed by atoms with Gasteiger partial charge in [0.05, 0.1) is 15.3 Å². The number of rotatable bonds is 5. The topological polar surface area (TPSA) is 65.3 Å². The third-order valence-corrected chi connectivity index (χ3v) is 7.75. The van der Waals surface area contributed by atoms with Crippen LogP contribution in [0.4, 0.5) is 10.5 Å². The van der Waals surface area contributed by atoms with Crippen LogP contribution < -0.4 is 4.90 Å². The van der Waals surface area contributed by atoms with Crippen LogP contribution in [0, 0.1) is 0 Å². The summed E-state index contributed by atoms with van der Waals surface area (Å²) in [7, 11) is 0. The summed E-state index contributed by atoms with van der Waals surface area (Å²) in [6, 6.07) is 10.8. The van der Waals surface area contributed by atoms with Gasteiger partial charge in [-0.05, 0) is 93.4 Å². The maximum atomic E-state index is 12.6. The van der Waals surface area contributed by atoms with Gasteiger partial charge in [-0.1, -0.05) is 19.1 Å². The molecule has 0 aliphatic carbocycles. The Morgan fingerprint density at radius 1 is 1.26 bits per heavy atom. The number of carbonyl (C=O) groups is 2. The van der Waals surface area contributed by atoms with E-state index in [1.807, 2.05) is 20.8 Å². The second-order valence-corrected chi connectivity index (χ2v) is 11.9. The Morgan fingerprint density at radius 3 is 2.74 bits per heavy atom. The van der Waals surface area contributed by atoms with Crippen molar-refractivity contribution in [3.05, 3.63) is 51.7 Å². The molecule has 6 nitrogen and oxygen atoms in total. The van der Waals surface area contributed by atoms with Crippen molar-refractivity contribution in [3.8, 4) is 0 Å². The van der Waals surface area contributed by atoms with Gasteiger partial charge in [0.15, 0.2) is 0 Å². The van der Waals surface area contributed by atoms with E-state index < -0.39 is 4.75 Å². The van der Waals surface area contributed by atoms with E-state index in [9.17, 15) is 9.59 Å². The Morgan fingerprint density at radius 2 is 2.06 bits per heavy atom. The highest BCUT2D eigenvalue weighted by atomic mass is 32.2. The molecule has 2 amide bonds. The number of hydrazone groups is 1. The fourth-order valence-electron chi connectivity index (χ4n) is 4.33. The van der Waals surface area contributed by atoms with Gasteiger partial charge in [0.25, 0.3) is 5.91 Å². The number of fused-ring (bicyclic) bond motifs is 1. The van der Waals surface area contributed by atoms with Gasteiger partial charge < -0.3 is 4.90 Å². The van der Waals surface area contributed by atoms with Gasteiger partial charge in [0, 0.05) is 24.7 Å². The molecule has 0 saturated carbocycles. The van der Waals surface area contributed by atoms with Crippen molar-refractivity contribution in [2.75, 3.05) is 11.4 Å². The number of amides is 2. The highest BCUT2D eigenvalue weighted by Gasteiger charge is 2.40. The monoisotopic (exact) mass is 496 g/mol. The Labute approximate surface area is 210 Å². The highest BCUT2D eigenvalue weighted by molar-refractivity contribution is 8.15. The lowest BCUT2D eigenvalue weighted by atomic mass is 9.93. The number of aryl methyl sites for hydroxylation is 1. The minimum Gasteiger partial charge on any atom is -0.325 e. The molecule has 2 aliphatic rings. The Balaban J connectivity index is 1.74. The second-order valence-electron chi connectivity index (χ2n) is 9.40. The van der Waals surface area contributed by atoms with Crippen molar-refractivity contribution in [3.63, 3.8) is 0 Å². The molecule has 3 heterocycles. The fraction of sp³-hybridized carbons (Fsp3) is 0.462. The number of amidine groups is 1. The quantitative estimate of drug-likeness (QED) is 0.358. The van der Waals surface area contributed by atoms with E-state index in [2.05, 4.69) is 59.6 Å². The maximum absolute atomic E-state index is 12.6. The Hall–Kier alpha value is -2.45. The van der Waals surface area contributed by atoms with Crippen LogP contribution in [0.5, 0.6) is 0 Å².